The molecule has 0 saturated heterocycles. The molecule has 0 aliphatic carbocycles. The molecule has 0 saturated carbocycles. The number of para-hydroxylation sites is 2. The van der Waals surface area contributed by atoms with Crippen LogP contribution in [0.4, 0.5) is 21.0 Å². The second-order valence-electron chi connectivity index (χ2n) is 6.36. The van der Waals surface area contributed by atoms with E-state index in [2.05, 4.69) is 31.0 Å². The number of benzene rings is 3. The molecule has 0 unspecified atom stereocenters. The number of rotatable bonds is 2. The fraction of sp³-hybridized carbons (Fsp3) is 0. The van der Waals surface area contributed by atoms with Gasteiger partial charge in [0.05, 0.1) is 11.4 Å². The Balaban J connectivity index is 1.38. The average molecular weight is 398 g/mol. The van der Waals surface area contributed by atoms with Crippen molar-refractivity contribution in [2.75, 3.05) is 10.6 Å². The van der Waals surface area contributed by atoms with Gasteiger partial charge in [-0.2, -0.15) is 0 Å². The molecule has 146 valence electrons. The number of carbonyl (C=O) groups is 2. The van der Waals surface area contributed by atoms with E-state index >= 15 is 0 Å². The molecule has 2 N–H and O–H groups in total. The lowest BCUT2D eigenvalue weighted by atomic mass is 10.2. The molecule has 0 spiro atoms. The highest BCUT2D eigenvalue weighted by Gasteiger charge is 2.15. The molecular weight excluding hydrogens is 384 g/mol. The van der Waals surface area contributed by atoms with E-state index < -0.39 is 12.1 Å². The van der Waals surface area contributed by atoms with Gasteiger partial charge in [0.25, 0.3) is 0 Å². The van der Waals surface area contributed by atoms with E-state index in [1.165, 1.54) is 0 Å². The fourth-order valence-electron chi connectivity index (χ4n) is 2.93. The van der Waals surface area contributed by atoms with Gasteiger partial charge in [-0.15, -0.1) is 20.4 Å². The van der Waals surface area contributed by atoms with Gasteiger partial charge in [0.2, 0.25) is 0 Å². The molecular formula is C20H14N8O2. The lowest BCUT2D eigenvalue weighted by Crippen LogP contribution is -2.25. The van der Waals surface area contributed by atoms with Gasteiger partial charge in [-0.1, -0.05) is 46.0 Å². The predicted molar refractivity (Wildman–Crippen MR) is 110 cm³/mol. The van der Waals surface area contributed by atoms with Gasteiger partial charge in [0, 0.05) is 0 Å². The van der Waals surface area contributed by atoms with Crippen molar-refractivity contribution in [3.05, 3.63) is 72.8 Å². The van der Waals surface area contributed by atoms with Crippen molar-refractivity contribution < 1.29 is 9.59 Å². The van der Waals surface area contributed by atoms with Gasteiger partial charge < -0.3 is 10.6 Å². The number of anilines is 2. The van der Waals surface area contributed by atoms with Crippen LogP contribution in [0, 0.1) is 0 Å². The number of hydrogen-bond acceptors (Lipinski definition) is 6. The van der Waals surface area contributed by atoms with Crippen LogP contribution in [0.15, 0.2) is 72.8 Å². The first kappa shape index (κ1) is 17.5. The molecule has 0 aliphatic rings. The molecule has 0 radical (unpaired) electrons. The highest BCUT2D eigenvalue weighted by atomic mass is 16.2. The van der Waals surface area contributed by atoms with E-state index in [9.17, 15) is 9.59 Å². The number of hydrogen-bond donors (Lipinski definition) is 2. The van der Waals surface area contributed by atoms with Crippen molar-refractivity contribution in [1.29, 1.82) is 0 Å². The van der Waals surface area contributed by atoms with Crippen LogP contribution in [0.3, 0.4) is 0 Å². The second kappa shape index (κ2) is 7.09. The van der Waals surface area contributed by atoms with Gasteiger partial charge in [-0.05, 0) is 36.4 Å². The zero-order valence-corrected chi connectivity index (χ0v) is 15.4. The molecule has 10 heteroatoms. The fourth-order valence-corrected chi connectivity index (χ4v) is 2.93. The number of nitrogens with zero attached hydrogens (tertiary/aromatic N) is 6. The highest BCUT2D eigenvalue weighted by molar-refractivity contribution is 5.99. The Hall–Kier alpha value is -4.60. The molecule has 0 aliphatic heterocycles. The Morgan fingerprint density at radius 2 is 0.833 bits per heavy atom. The number of fused-ring (bicyclic) bond motifs is 2. The van der Waals surface area contributed by atoms with Crippen molar-refractivity contribution in [3.8, 4) is 0 Å². The summed E-state index contributed by atoms with van der Waals surface area (Å²) in [6.07, 6.45) is 0. The van der Waals surface area contributed by atoms with E-state index in [-0.39, 0.29) is 0 Å². The average Bonchev–Trinajstić information content (AvgIpc) is 3.39. The summed E-state index contributed by atoms with van der Waals surface area (Å²) < 4.78 is 0. The summed E-state index contributed by atoms with van der Waals surface area (Å²) in [6.45, 7) is 0. The molecule has 5 rings (SSSR count). The summed E-state index contributed by atoms with van der Waals surface area (Å²) in [7, 11) is 0. The molecule has 5 aromatic rings. The van der Waals surface area contributed by atoms with Crippen molar-refractivity contribution >= 4 is 45.5 Å². The lowest BCUT2D eigenvalue weighted by Gasteiger charge is -2.11. The standard InChI is InChI=1S/C20H14N8O2/c29-19(27-23-15-9-3-4-10-16(15)24-27)21-13-7-1-2-8-14(13)22-20(30)28-25-17-11-5-6-12-18(17)26-28/h1-12H,(H,21,29)(H,22,30). The largest absolute Gasteiger partial charge is 0.363 e. The summed E-state index contributed by atoms with van der Waals surface area (Å²) in [4.78, 5) is 27.1. The smallest absolute Gasteiger partial charge is 0.303 e. The van der Waals surface area contributed by atoms with Gasteiger partial charge in [0.15, 0.2) is 0 Å². The summed E-state index contributed by atoms with van der Waals surface area (Å²) in [5.41, 5.74) is 3.18. The van der Waals surface area contributed by atoms with Crippen LogP contribution < -0.4 is 10.6 Å². The lowest BCUT2D eigenvalue weighted by molar-refractivity contribution is 0.247. The molecule has 2 heterocycles. The number of carbonyl (C=O) groups excluding carboxylic acids is 2. The van der Waals surface area contributed by atoms with E-state index in [1.54, 1.807) is 48.5 Å². The Bertz CT molecular complexity index is 1230. The zero-order valence-electron chi connectivity index (χ0n) is 15.4. The van der Waals surface area contributed by atoms with E-state index in [0.29, 0.717) is 33.4 Å². The summed E-state index contributed by atoms with van der Waals surface area (Å²) in [5.74, 6) is 0. The molecule has 2 aromatic heterocycles. The first-order valence-electron chi connectivity index (χ1n) is 9.03. The predicted octanol–water partition coefficient (Wildman–Crippen LogP) is 3.34. The van der Waals surface area contributed by atoms with Gasteiger partial charge in [0.1, 0.15) is 22.1 Å². The number of nitrogens with one attached hydrogen (secondary N) is 2. The topological polar surface area (TPSA) is 120 Å². The van der Waals surface area contributed by atoms with Gasteiger partial charge in [-0.3, -0.25) is 0 Å². The third-order valence-electron chi connectivity index (χ3n) is 4.35. The monoisotopic (exact) mass is 398 g/mol. The number of amides is 2. The minimum atomic E-state index is -0.559. The Morgan fingerprint density at radius 1 is 0.533 bits per heavy atom. The Kier molecular flexibility index (Phi) is 4.14. The van der Waals surface area contributed by atoms with E-state index in [0.717, 1.165) is 9.59 Å². The van der Waals surface area contributed by atoms with Crippen molar-refractivity contribution in [2.45, 2.75) is 0 Å². The third kappa shape index (κ3) is 3.22. The molecule has 0 bridgehead atoms. The SMILES string of the molecule is O=C(Nc1ccccc1NC(=O)n1nc2ccccc2n1)n1nc2ccccc2n1. The highest BCUT2D eigenvalue weighted by Crippen LogP contribution is 2.21. The van der Waals surface area contributed by atoms with Crippen LogP contribution in [0.5, 0.6) is 0 Å². The number of aromatic nitrogens is 6. The maximum absolute atomic E-state index is 12.6. The molecule has 0 fully saturated rings. The first-order valence-corrected chi connectivity index (χ1v) is 9.03. The summed E-state index contributed by atoms with van der Waals surface area (Å²) in [5, 5.41) is 22.0. The van der Waals surface area contributed by atoms with Crippen molar-refractivity contribution in [2.24, 2.45) is 0 Å². The second-order valence-corrected chi connectivity index (χ2v) is 6.36. The van der Waals surface area contributed by atoms with Crippen LogP contribution in [0.1, 0.15) is 0 Å². The molecule has 2 amide bonds. The minimum absolute atomic E-state index is 0.383. The Morgan fingerprint density at radius 3 is 1.17 bits per heavy atom. The van der Waals surface area contributed by atoms with Crippen LogP contribution in [0.25, 0.3) is 22.1 Å². The zero-order chi connectivity index (χ0) is 20.5. The maximum Gasteiger partial charge on any atom is 0.363 e. The molecule has 0 atom stereocenters. The normalized spacial score (nSPS) is 10.9. The van der Waals surface area contributed by atoms with E-state index in [1.807, 2.05) is 24.3 Å². The Labute approximate surface area is 169 Å². The summed E-state index contributed by atoms with van der Waals surface area (Å²) >= 11 is 0. The van der Waals surface area contributed by atoms with Crippen molar-refractivity contribution in [1.82, 2.24) is 30.0 Å². The van der Waals surface area contributed by atoms with Crippen LogP contribution in [-0.4, -0.2) is 42.0 Å². The molecule has 3 aromatic carbocycles. The molecule has 10 nitrogen and oxygen atoms in total. The van der Waals surface area contributed by atoms with Gasteiger partial charge in [-0.25, -0.2) is 9.59 Å². The van der Waals surface area contributed by atoms with Crippen LogP contribution in [0.2, 0.25) is 0 Å². The van der Waals surface area contributed by atoms with E-state index in [4.69, 9.17) is 0 Å². The third-order valence-corrected chi connectivity index (χ3v) is 4.35. The minimum Gasteiger partial charge on any atom is -0.303 e. The maximum atomic E-state index is 12.6. The van der Waals surface area contributed by atoms with Crippen LogP contribution in [-0.2, 0) is 0 Å². The summed E-state index contributed by atoms with van der Waals surface area (Å²) in [6, 6.07) is 20.0. The molecule has 30 heavy (non-hydrogen) atoms. The van der Waals surface area contributed by atoms with Crippen molar-refractivity contribution in [3.63, 3.8) is 0 Å². The quantitative estimate of drug-likeness (QED) is 0.471. The first-order chi connectivity index (χ1) is 14.7. The van der Waals surface area contributed by atoms with Gasteiger partial charge >= 0.3 is 12.1 Å². The van der Waals surface area contributed by atoms with Crippen LogP contribution >= 0.6 is 0 Å².